The molecule has 5 nitrogen and oxygen atoms in total. The number of nitrogens with one attached hydrogen (secondary N) is 2. The molecule has 0 spiro atoms. The maximum absolute atomic E-state index is 5.38. The topological polar surface area (TPSA) is 48.9 Å². The van der Waals surface area contributed by atoms with Crippen molar-refractivity contribution >= 4 is 5.96 Å². The van der Waals surface area contributed by atoms with Gasteiger partial charge in [-0.05, 0) is 58.5 Å². The van der Waals surface area contributed by atoms with Crippen molar-refractivity contribution < 1.29 is 4.74 Å². The fourth-order valence-corrected chi connectivity index (χ4v) is 3.05. The number of aliphatic imine (C=N–C) groups is 1. The van der Waals surface area contributed by atoms with E-state index in [9.17, 15) is 0 Å². The summed E-state index contributed by atoms with van der Waals surface area (Å²) in [4.78, 5) is 7.47. The average molecular weight is 327 g/mol. The van der Waals surface area contributed by atoms with Crippen LogP contribution in [0.5, 0.6) is 0 Å². The number of likely N-dealkylation sites (tertiary alicyclic amines) is 1. The zero-order chi connectivity index (χ0) is 16.9. The van der Waals surface area contributed by atoms with Gasteiger partial charge < -0.3 is 15.4 Å². The summed E-state index contributed by atoms with van der Waals surface area (Å²) in [5.41, 5.74) is 0. The number of ether oxygens (including phenoxy) is 1. The van der Waals surface area contributed by atoms with Gasteiger partial charge in [0, 0.05) is 32.3 Å². The highest BCUT2D eigenvalue weighted by molar-refractivity contribution is 5.79. The first-order valence-corrected chi connectivity index (χ1v) is 9.51. The molecule has 1 saturated heterocycles. The first-order chi connectivity index (χ1) is 11.2. The number of rotatable bonds is 11. The highest BCUT2D eigenvalue weighted by atomic mass is 16.5. The molecule has 2 N–H and O–H groups in total. The van der Waals surface area contributed by atoms with Crippen LogP contribution in [0.25, 0.3) is 0 Å². The van der Waals surface area contributed by atoms with Crippen LogP contribution in [0.4, 0.5) is 0 Å². The van der Waals surface area contributed by atoms with Crippen LogP contribution in [0.3, 0.4) is 0 Å². The summed E-state index contributed by atoms with van der Waals surface area (Å²) in [6.45, 7) is 15.5. The van der Waals surface area contributed by atoms with Crippen LogP contribution in [0, 0.1) is 5.92 Å². The van der Waals surface area contributed by atoms with Crippen molar-refractivity contribution in [2.45, 2.75) is 59.4 Å². The third-order valence-electron chi connectivity index (χ3n) is 4.17. The van der Waals surface area contributed by atoms with E-state index in [-0.39, 0.29) is 0 Å². The smallest absolute Gasteiger partial charge is 0.191 e. The fraction of sp³-hybridized carbons (Fsp3) is 0.944. The molecule has 23 heavy (non-hydrogen) atoms. The predicted molar refractivity (Wildman–Crippen MR) is 99.1 cm³/mol. The van der Waals surface area contributed by atoms with Crippen LogP contribution >= 0.6 is 0 Å². The van der Waals surface area contributed by atoms with Gasteiger partial charge in [-0.1, -0.05) is 13.8 Å². The van der Waals surface area contributed by atoms with Crippen LogP contribution in [-0.2, 0) is 4.74 Å². The fourth-order valence-electron chi connectivity index (χ4n) is 3.05. The minimum atomic E-state index is 0.580. The van der Waals surface area contributed by atoms with E-state index in [0.717, 1.165) is 51.1 Å². The third kappa shape index (κ3) is 9.16. The quantitative estimate of drug-likeness (QED) is 0.348. The summed E-state index contributed by atoms with van der Waals surface area (Å²) in [5, 5.41) is 6.77. The summed E-state index contributed by atoms with van der Waals surface area (Å²) >= 11 is 0. The molecule has 1 aliphatic heterocycles. The lowest BCUT2D eigenvalue weighted by molar-refractivity contribution is 0.145. The summed E-state index contributed by atoms with van der Waals surface area (Å²) in [6.07, 6.45) is 4.93. The Morgan fingerprint density at radius 2 is 1.91 bits per heavy atom. The minimum absolute atomic E-state index is 0.580. The molecule has 0 aromatic rings. The van der Waals surface area contributed by atoms with Crippen LogP contribution in [0.2, 0.25) is 0 Å². The van der Waals surface area contributed by atoms with Gasteiger partial charge in [0.15, 0.2) is 5.96 Å². The molecule has 1 atom stereocenters. The summed E-state index contributed by atoms with van der Waals surface area (Å²) in [6, 6.07) is 0.580. The molecule has 5 heteroatoms. The Kier molecular flexibility index (Phi) is 11.1. The van der Waals surface area contributed by atoms with E-state index >= 15 is 0 Å². The molecule has 0 aromatic carbocycles. The largest absolute Gasteiger partial charge is 0.382 e. The molecular weight excluding hydrogens is 288 g/mol. The van der Waals surface area contributed by atoms with Crippen molar-refractivity contribution in [3.05, 3.63) is 0 Å². The van der Waals surface area contributed by atoms with Crippen molar-refractivity contribution in [3.8, 4) is 0 Å². The van der Waals surface area contributed by atoms with Gasteiger partial charge in [0.2, 0.25) is 0 Å². The molecule has 1 heterocycles. The van der Waals surface area contributed by atoms with Gasteiger partial charge in [-0.2, -0.15) is 0 Å². The SMILES string of the molecule is CCNC(=NCC(CC(C)C)N1CCCC1)NCCCOCC. The molecule has 1 rings (SSSR count). The third-order valence-corrected chi connectivity index (χ3v) is 4.17. The van der Waals surface area contributed by atoms with Crippen LogP contribution in [0.15, 0.2) is 4.99 Å². The van der Waals surface area contributed by atoms with Gasteiger partial charge in [0.25, 0.3) is 0 Å². The molecule has 0 saturated carbocycles. The maximum atomic E-state index is 5.38. The van der Waals surface area contributed by atoms with E-state index in [4.69, 9.17) is 9.73 Å². The molecule has 1 unspecified atom stereocenters. The van der Waals surface area contributed by atoms with Gasteiger partial charge >= 0.3 is 0 Å². The molecule has 0 amide bonds. The van der Waals surface area contributed by atoms with Gasteiger partial charge in [-0.25, -0.2) is 0 Å². The molecule has 0 aromatic heterocycles. The second kappa shape index (κ2) is 12.6. The van der Waals surface area contributed by atoms with Crippen molar-refractivity contribution in [2.24, 2.45) is 10.9 Å². The lowest BCUT2D eigenvalue weighted by Crippen LogP contribution is -2.41. The van der Waals surface area contributed by atoms with E-state index in [1.165, 1.54) is 32.4 Å². The number of guanidine groups is 1. The van der Waals surface area contributed by atoms with Crippen LogP contribution in [-0.4, -0.2) is 62.8 Å². The monoisotopic (exact) mass is 326 g/mol. The molecule has 136 valence electrons. The van der Waals surface area contributed by atoms with Crippen molar-refractivity contribution in [1.82, 2.24) is 15.5 Å². The minimum Gasteiger partial charge on any atom is -0.382 e. The van der Waals surface area contributed by atoms with Gasteiger partial charge in [0.1, 0.15) is 0 Å². The molecule has 1 fully saturated rings. The van der Waals surface area contributed by atoms with Gasteiger partial charge in [-0.15, -0.1) is 0 Å². The molecule has 0 aliphatic carbocycles. The Bertz CT molecular complexity index is 314. The Hall–Kier alpha value is -0.810. The molecule has 0 bridgehead atoms. The standard InChI is InChI=1S/C18H38N4O/c1-5-19-18(20-10-9-13-23-6-2)21-15-17(14-16(3)4)22-11-7-8-12-22/h16-17H,5-15H2,1-4H3,(H2,19,20,21). The Labute approximate surface area is 143 Å². The second-order valence-electron chi connectivity index (χ2n) is 6.72. The van der Waals surface area contributed by atoms with Crippen molar-refractivity contribution in [3.63, 3.8) is 0 Å². The first-order valence-electron chi connectivity index (χ1n) is 9.51. The summed E-state index contributed by atoms with van der Waals surface area (Å²) in [7, 11) is 0. The van der Waals surface area contributed by atoms with Crippen molar-refractivity contribution in [2.75, 3.05) is 45.9 Å². The highest BCUT2D eigenvalue weighted by Gasteiger charge is 2.22. The summed E-state index contributed by atoms with van der Waals surface area (Å²) in [5.74, 6) is 1.66. The second-order valence-corrected chi connectivity index (χ2v) is 6.72. The maximum Gasteiger partial charge on any atom is 0.191 e. The summed E-state index contributed by atoms with van der Waals surface area (Å²) < 4.78 is 5.38. The van der Waals surface area contributed by atoms with Gasteiger partial charge in [0.05, 0.1) is 6.54 Å². The van der Waals surface area contributed by atoms with Gasteiger partial charge in [-0.3, -0.25) is 9.89 Å². The molecule has 1 aliphatic rings. The Morgan fingerprint density at radius 3 is 2.52 bits per heavy atom. The number of nitrogens with zero attached hydrogens (tertiary/aromatic N) is 2. The van der Waals surface area contributed by atoms with E-state index in [2.05, 4.69) is 36.3 Å². The Balaban J connectivity index is 2.46. The average Bonchev–Trinajstić information content (AvgIpc) is 3.04. The lowest BCUT2D eigenvalue weighted by Gasteiger charge is -2.28. The van der Waals surface area contributed by atoms with E-state index in [1.54, 1.807) is 0 Å². The Morgan fingerprint density at radius 1 is 1.17 bits per heavy atom. The zero-order valence-electron chi connectivity index (χ0n) is 15.7. The van der Waals surface area contributed by atoms with E-state index < -0.39 is 0 Å². The molecular formula is C18H38N4O. The predicted octanol–water partition coefficient (Wildman–Crippen LogP) is 2.48. The normalized spacial score (nSPS) is 17.7. The number of hydrogen-bond donors (Lipinski definition) is 2. The van der Waals surface area contributed by atoms with Crippen molar-refractivity contribution in [1.29, 1.82) is 0 Å². The van der Waals surface area contributed by atoms with E-state index in [1.807, 2.05) is 6.92 Å². The molecule has 0 radical (unpaired) electrons. The first kappa shape index (κ1) is 20.2. The lowest BCUT2D eigenvalue weighted by atomic mass is 10.0. The highest BCUT2D eigenvalue weighted by Crippen LogP contribution is 2.18. The van der Waals surface area contributed by atoms with Crippen LogP contribution < -0.4 is 10.6 Å². The number of hydrogen-bond acceptors (Lipinski definition) is 3. The zero-order valence-corrected chi connectivity index (χ0v) is 15.7. The van der Waals surface area contributed by atoms with E-state index in [0.29, 0.717) is 6.04 Å². The van der Waals surface area contributed by atoms with Crippen LogP contribution in [0.1, 0.15) is 53.4 Å².